The van der Waals surface area contributed by atoms with E-state index in [1.807, 2.05) is 20.8 Å². The second-order valence-electron chi connectivity index (χ2n) is 4.88. The molecule has 1 unspecified atom stereocenters. The SMILES string of the molecule is Cc1ccc(C(=O)NCC(C(=O)O)C(C)C)c(Cl)c1. The summed E-state index contributed by atoms with van der Waals surface area (Å²) >= 11 is 5.99. The Balaban J connectivity index is 2.72. The number of amides is 1. The van der Waals surface area contributed by atoms with Crippen molar-refractivity contribution in [2.75, 3.05) is 6.54 Å². The van der Waals surface area contributed by atoms with Gasteiger partial charge in [0.15, 0.2) is 0 Å². The van der Waals surface area contributed by atoms with Gasteiger partial charge in [0.25, 0.3) is 5.91 Å². The minimum atomic E-state index is -0.912. The van der Waals surface area contributed by atoms with Crippen LogP contribution in [0.1, 0.15) is 29.8 Å². The summed E-state index contributed by atoms with van der Waals surface area (Å²) < 4.78 is 0. The number of carbonyl (C=O) groups excluding carboxylic acids is 1. The zero-order valence-corrected chi connectivity index (χ0v) is 12.0. The highest BCUT2D eigenvalue weighted by Crippen LogP contribution is 2.18. The van der Waals surface area contributed by atoms with Crippen LogP contribution in [0, 0.1) is 18.8 Å². The fraction of sp³-hybridized carbons (Fsp3) is 0.429. The third kappa shape index (κ3) is 4.24. The summed E-state index contributed by atoms with van der Waals surface area (Å²) in [7, 11) is 0. The number of carbonyl (C=O) groups is 2. The van der Waals surface area contributed by atoms with E-state index in [9.17, 15) is 9.59 Å². The van der Waals surface area contributed by atoms with Crippen molar-refractivity contribution in [1.29, 1.82) is 0 Å². The van der Waals surface area contributed by atoms with Gasteiger partial charge in [-0.3, -0.25) is 9.59 Å². The molecule has 0 aliphatic carbocycles. The summed E-state index contributed by atoms with van der Waals surface area (Å²) in [5, 5.41) is 12.0. The summed E-state index contributed by atoms with van der Waals surface area (Å²) in [6.07, 6.45) is 0. The monoisotopic (exact) mass is 283 g/mol. The van der Waals surface area contributed by atoms with Crippen molar-refractivity contribution >= 4 is 23.5 Å². The molecule has 0 spiro atoms. The maximum atomic E-state index is 11.9. The highest BCUT2D eigenvalue weighted by atomic mass is 35.5. The number of benzene rings is 1. The van der Waals surface area contributed by atoms with Crippen LogP contribution < -0.4 is 5.32 Å². The lowest BCUT2D eigenvalue weighted by Crippen LogP contribution is -2.35. The minimum Gasteiger partial charge on any atom is -0.481 e. The zero-order valence-electron chi connectivity index (χ0n) is 11.2. The van der Waals surface area contributed by atoms with Crippen LogP contribution in [-0.2, 0) is 4.79 Å². The predicted octanol–water partition coefficient (Wildman–Crippen LogP) is 2.74. The lowest BCUT2D eigenvalue weighted by molar-refractivity contribution is -0.142. The van der Waals surface area contributed by atoms with Gasteiger partial charge < -0.3 is 10.4 Å². The molecule has 1 aromatic carbocycles. The average molecular weight is 284 g/mol. The summed E-state index contributed by atoms with van der Waals surface area (Å²) in [6, 6.07) is 5.13. The fourth-order valence-electron chi connectivity index (χ4n) is 1.71. The number of halogens is 1. The van der Waals surface area contributed by atoms with Crippen molar-refractivity contribution < 1.29 is 14.7 Å². The Morgan fingerprint density at radius 2 is 2.00 bits per heavy atom. The summed E-state index contributed by atoms with van der Waals surface area (Å²) in [5.74, 6) is -1.92. The van der Waals surface area contributed by atoms with Crippen LogP contribution in [-0.4, -0.2) is 23.5 Å². The summed E-state index contributed by atoms with van der Waals surface area (Å²) in [4.78, 5) is 23.0. The number of aryl methyl sites for hydroxylation is 1. The van der Waals surface area contributed by atoms with E-state index in [-0.39, 0.29) is 18.4 Å². The molecular weight excluding hydrogens is 266 g/mol. The standard InChI is InChI=1S/C14H18ClNO3/c1-8(2)11(14(18)19)7-16-13(17)10-5-4-9(3)6-12(10)15/h4-6,8,11H,7H2,1-3H3,(H,16,17)(H,18,19). The maximum absolute atomic E-state index is 11.9. The van der Waals surface area contributed by atoms with Crippen molar-refractivity contribution in [2.24, 2.45) is 11.8 Å². The van der Waals surface area contributed by atoms with E-state index in [0.717, 1.165) is 5.56 Å². The molecule has 104 valence electrons. The third-order valence-corrected chi connectivity index (χ3v) is 3.29. The molecule has 2 N–H and O–H groups in total. The smallest absolute Gasteiger partial charge is 0.308 e. The molecule has 1 aromatic rings. The van der Waals surface area contributed by atoms with Crippen LogP contribution in [0.15, 0.2) is 18.2 Å². The number of rotatable bonds is 5. The lowest BCUT2D eigenvalue weighted by atomic mass is 9.96. The second-order valence-corrected chi connectivity index (χ2v) is 5.29. The van der Waals surface area contributed by atoms with Crippen LogP contribution >= 0.6 is 11.6 Å². The quantitative estimate of drug-likeness (QED) is 0.873. The second kappa shape index (κ2) is 6.57. The lowest BCUT2D eigenvalue weighted by Gasteiger charge is -2.17. The van der Waals surface area contributed by atoms with Crippen molar-refractivity contribution in [2.45, 2.75) is 20.8 Å². The maximum Gasteiger partial charge on any atom is 0.308 e. The first kappa shape index (κ1) is 15.5. The van der Waals surface area contributed by atoms with E-state index in [4.69, 9.17) is 16.7 Å². The van der Waals surface area contributed by atoms with Gasteiger partial charge in [-0.1, -0.05) is 31.5 Å². The third-order valence-electron chi connectivity index (χ3n) is 2.97. The van der Waals surface area contributed by atoms with E-state index in [2.05, 4.69) is 5.32 Å². The van der Waals surface area contributed by atoms with Gasteiger partial charge in [-0.15, -0.1) is 0 Å². The summed E-state index contributed by atoms with van der Waals surface area (Å²) in [5.41, 5.74) is 1.33. The molecule has 0 saturated carbocycles. The van der Waals surface area contributed by atoms with Gasteiger partial charge in [-0.2, -0.15) is 0 Å². The molecule has 0 aliphatic rings. The van der Waals surface area contributed by atoms with Gasteiger partial charge in [0.1, 0.15) is 0 Å². The summed E-state index contributed by atoms with van der Waals surface area (Å²) in [6.45, 7) is 5.59. The molecule has 0 fully saturated rings. The Kier molecular flexibility index (Phi) is 5.36. The minimum absolute atomic E-state index is 0.0497. The fourth-order valence-corrected chi connectivity index (χ4v) is 2.03. The van der Waals surface area contributed by atoms with Crippen LogP contribution in [0.5, 0.6) is 0 Å². The van der Waals surface area contributed by atoms with Crippen molar-refractivity contribution in [3.8, 4) is 0 Å². The zero-order chi connectivity index (χ0) is 14.6. The number of hydrogen-bond acceptors (Lipinski definition) is 2. The Hall–Kier alpha value is -1.55. The molecule has 0 aliphatic heterocycles. The van der Waals surface area contributed by atoms with Crippen LogP contribution in [0.3, 0.4) is 0 Å². The Labute approximate surface area is 117 Å². The molecule has 0 radical (unpaired) electrons. The van der Waals surface area contributed by atoms with Gasteiger partial charge in [0.2, 0.25) is 0 Å². The normalized spacial score (nSPS) is 12.3. The first-order chi connectivity index (χ1) is 8.82. The Morgan fingerprint density at radius 3 is 2.47 bits per heavy atom. The van der Waals surface area contributed by atoms with Gasteiger partial charge in [0.05, 0.1) is 16.5 Å². The molecule has 1 amide bonds. The highest BCUT2D eigenvalue weighted by Gasteiger charge is 2.22. The molecule has 1 rings (SSSR count). The van der Waals surface area contributed by atoms with Gasteiger partial charge >= 0.3 is 5.97 Å². The molecular formula is C14H18ClNO3. The van der Waals surface area contributed by atoms with E-state index >= 15 is 0 Å². The van der Waals surface area contributed by atoms with E-state index in [0.29, 0.717) is 10.6 Å². The molecule has 5 heteroatoms. The molecule has 4 nitrogen and oxygen atoms in total. The topological polar surface area (TPSA) is 66.4 Å². The predicted molar refractivity (Wildman–Crippen MR) is 74.5 cm³/mol. The van der Waals surface area contributed by atoms with Crippen molar-refractivity contribution in [1.82, 2.24) is 5.32 Å². The molecule has 0 saturated heterocycles. The largest absolute Gasteiger partial charge is 0.481 e. The number of nitrogens with one attached hydrogen (secondary N) is 1. The van der Waals surface area contributed by atoms with E-state index in [1.54, 1.807) is 18.2 Å². The highest BCUT2D eigenvalue weighted by molar-refractivity contribution is 6.33. The first-order valence-corrected chi connectivity index (χ1v) is 6.48. The number of aliphatic carboxylic acids is 1. The van der Waals surface area contributed by atoms with E-state index in [1.165, 1.54) is 0 Å². The van der Waals surface area contributed by atoms with Gasteiger partial charge in [-0.05, 0) is 30.5 Å². The average Bonchev–Trinajstić information content (AvgIpc) is 2.27. The molecule has 0 aromatic heterocycles. The van der Waals surface area contributed by atoms with Crippen LogP contribution in [0.4, 0.5) is 0 Å². The molecule has 0 bridgehead atoms. The number of hydrogen-bond donors (Lipinski definition) is 2. The molecule has 19 heavy (non-hydrogen) atoms. The first-order valence-electron chi connectivity index (χ1n) is 6.10. The number of carboxylic acid groups (broad SMARTS) is 1. The van der Waals surface area contributed by atoms with Crippen molar-refractivity contribution in [3.63, 3.8) is 0 Å². The van der Waals surface area contributed by atoms with Crippen LogP contribution in [0.25, 0.3) is 0 Å². The van der Waals surface area contributed by atoms with Gasteiger partial charge in [-0.25, -0.2) is 0 Å². The molecule has 1 atom stereocenters. The Morgan fingerprint density at radius 1 is 1.37 bits per heavy atom. The molecule has 0 heterocycles. The van der Waals surface area contributed by atoms with Crippen molar-refractivity contribution in [3.05, 3.63) is 34.3 Å². The van der Waals surface area contributed by atoms with Gasteiger partial charge in [0, 0.05) is 6.54 Å². The van der Waals surface area contributed by atoms with E-state index < -0.39 is 11.9 Å². The van der Waals surface area contributed by atoms with Crippen LogP contribution in [0.2, 0.25) is 5.02 Å². The number of carboxylic acids is 1. The Bertz CT molecular complexity index is 486.